The maximum atomic E-state index is 14.4. The normalized spacial score (nSPS) is 23.4. The Balaban J connectivity index is 1.71. The van der Waals surface area contributed by atoms with Gasteiger partial charge in [0.25, 0.3) is 5.69 Å². The van der Waals surface area contributed by atoms with Gasteiger partial charge in [-0.25, -0.2) is 4.79 Å². The summed E-state index contributed by atoms with van der Waals surface area (Å²) in [6, 6.07) is 10.9. The molecule has 4 N–H and O–H groups in total. The number of fused-ring (bicyclic) bond motifs is 2. The van der Waals surface area contributed by atoms with Crippen LogP contribution in [0.4, 0.5) is 10.5 Å². The number of nitrogens with zero attached hydrogens (tertiary/aromatic N) is 3. The topological polar surface area (TPSA) is 195 Å². The second-order valence-corrected chi connectivity index (χ2v) is 15.3. The van der Waals surface area contributed by atoms with Crippen LogP contribution in [0, 0.1) is 27.9 Å². The predicted octanol–water partition coefficient (Wildman–Crippen LogP) is 6.42. The largest absolute Gasteiger partial charge is 0.490 e. The van der Waals surface area contributed by atoms with Crippen molar-refractivity contribution in [3.63, 3.8) is 0 Å². The van der Waals surface area contributed by atoms with Crippen LogP contribution in [0.2, 0.25) is 0 Å². The van der Waals surface area contributed by atoms with E-state index in [-0.39, 0.29) is 88.7 Å². The van der Waals surface area contributed by atoms with Crippen LogP contribution in [-0.4, -0.2) is 108 Å². The van der Waals surface area contributed by atoms with Gasteiger partial charge in [0.05, 0.1) is 43.0 Å². The second-order valence-electron chi connectivity index (χ2n) is 15.3. The lowest BCUT2D eigenvalue weighted by molar-refractivity contribution is -0.384. The highest BCUT2D eigenvalue weighted by Crippen LogP contribution is 2.62. The number of carbonyl (C=O) groups excluding carboxylic acids is 1. The van der Waals surface area contributed by atoms with Crippen molar-refractivity contribution in [1.29, 1.82) is 0 Å². The highest BCUT2D eigenvalue weighted by Gasteiger charge is 2.65. The molecule has 2 aromatic carbocycles. The number of benzene rings is 2. The fraction of sp³-hybridized carbons (Fsp3) is 0.556. The number of oxime groups is 1. The number of carbonyl (C=O) groups is 1. The van der Waals surface area contributed by atoms with Gasteiger partial charge < -0.3 is 49.3 Å². The lowest BCUT2D eigenvalue weighted by Crippen LogP contribution is -2.70. The third kappa shape index (κ3) is 11.1. The molecule has 15 nitrogen and oxygen atoms in total. The van der Waals surface area contributed by atoms with Crippen LogP contribution in [0.3, 0.4) is 0 Å². The van der Waals surface area contributed by atoms with E-state index in [4.69, 9.17) is 28.9 Å². The van der Waals surface area contributed by atoms with E-state index in [0.717, 1.165) is 36.8 Å². The molecule has 1 heterocycles. The molecule has 2 aromatic rings. The minimum Gasteiger partial charge on any atom is -0.490 e. The third-order valence-electron chi connectivity index (χ3n) is 11.4. The van der Waals surface area contributed by atoms with E-state index in [1.165, 1.54) is 12.1 Å². The van der Waals surface area contributed by atoms with Crippen molar-refractivity contribution >= 4 is 17.4 Å². The summed E-state index contributed by atoms with van der Waals surface area (Å²) in [4.78, 5) is 33.1. The number of hydrogen-bond donors (Lipinski definition) is 4. The van der Waals surface area contributed by atoms with Gasteiger partial charge in [-0.15, -0.1) is 6.58 Å². The molecule has 1 saturated carbocycles. The van der Waals surface area contributed by atoms with E-state index >= 15 is 0 Å². The van der Waals surface area contributed by atoms with Gasteiger partial charge in [0, 0.05) is 56.3 Å². The minimum absolute atomic E-state index is 0.0277. The summed E-state index contributed by atoms with van der Waals surface area (Å²) in [6.45, 7) is 11.3. The molecule has 1 aliphatic heterocycles. The molecule has 0 saturated heterocycles. The van der Waals surface area contributed by atoms with Crippen molar-refractivity contribution in [2.45, 2.75) is 82.6 Å². The summed E-state index contributed by atoms with van der Waals surface area (Å²) < 4.78 is 25.8. The number of nitrogens with one attached hydrogen (secondary N) is 1. The van der Waals surface area contributed by atoms with Gasteiger partial charge in [0.2, 0.25) is 5.79 Å². The molecule has 0 spiro atoms. The zero-order valence-electron chi connectivity index (χ0n) is 34.8. The Bertz CT molecular complexity index is 1790. The van der Waals surface area contributed by atoms with E-state index in [0.29, 0.717) is 55.2 Å². The molecule has 6 unspecified atom stereocenters. The van der Waals surface area contributed by atoms with E-state index in [2.05, 4.69) is 24.6 Å². The lowest BCUT2D eigenvalue weighted by atomic mass is 9.55. The van der Waals surface area contributed by atoms with Gasteiger partial charge >= 0.3 is 6.03 Å². The Hall–Kier alpha value is -4.80. The number of hydrogen-bond acceptors (Lipinski definition) is 12. The van der Waals surface area contributed by atoms with Crippen LogP contribution in [0.1, 0.15) is 75.3 Å². The summed E-state index contributed by atoms with van der Waals surface area (Å²) in [6.07, 6.45) is 10.9. The molecule has 1 fully saturated rings. The zero-order chi connectivity index (χ0) is 42.9. The molecular weight excluding hydrogens is 773 g/mol. The summed E-state index contributed by atoms with van der Waals surface area (Å²) in [5.41, 5.74) is 3.11. The summed E-state index contributed by atoms with van der Waals surface area (Å²) in [5.74, 6) is -0.823. The Kier molecular flexibility index (Phi) is 17.9. The Morgan fingerprint density at radius 3 is 2.47 bits per heavy atom. The first kappa shape index (κ1) is 46.3. The number of allylic oxidation sites excluding steroid dienone is 1. The van der Waals surface area contributed by atoms with Gasteiger partial charge in [-0.05, 0) is 85.4 Å². The van der Waals surface area contributed by atoms with Crippen LogP contribution in [0.25, 0.3) is 0 Å². The number of aliphatic hydroxyl groups excluding tert-OH is 3. The van der Waals surface area contributed by atoms with Gasteiger partial charge in [0.1, 0.15) is 30.8 Å². The number of nitro groups is 1. The van der Waals surface area contributed by atoms with E-state index in [1.54, 1.807) is 29.2 Å². The van der Waals surface area contributed by atoms with Crippen LogP contribution in [0.15, 0.2) is 84.6 Å². The first-order chi connectivity index (χ1) is 29.3. The van der Waals surface area contributed by atoms with Gasteiger partial charge in [0.15, 0.2) is 0 Å². The number of rotatable bonds is 26. The van der Waals surface area contributed by atoms with Crippen LogP contribution < -0.4 is 14.8 Å². The monoisotopic (exact) mass is 834 g/mol. The summed E-state index contributed by atoms with van der Waals surface area (Å²) in [5, 5.41) is 48.1. The minimum atomic E-state index is -1.43. The molecule has 5 rings (SSSR count). The molecule has 0 aromatic heterocycles. The second kappa shape index (κ2) is 23.3. The smallest absolute Gasteiger partial charge is 0.317 e. The fourth-order valence-electron chi connectivity index (χ4n) is 8.93. The molecule has 2 amide bonds. The third-order valence-corrected chi connectivity index (χ3v) is 11.4. The average Bonchev–Trinajstić information content (AvgIpc) is 3.25. The van der Waals surface area contributed by atoms with E-state index < -0.39 is 22.7 Å². The Morgan fingerprint density at radius 1 is 1.03 bits per heavy atom. The summed E-state index contributed by atoms with van der Waals surface area (Å²) in [7, 11) is 0. The van der Waals surface area contributed by atoms with Crippen molar-refractivity contribution in [3.8, 4) is 11.5 Å². The molecule has 0 radical (unpaired) electrons. The molecule has 328 valence electrons. The fourth-order valence-corrected chi connectivity index (χ4v) is 8.93. The molecule has 60 heavy (non-hydrogen) atoms. The average molecular weight is 835 g/mol. The Morgan fingerprint density at radius 2 is 1.78 bits per heavy atom. The molecule has 3 aliphatic rings. The van der Waals surface area contributed by atoms with Crippen molar-refractivity contribution in [2.75, 3.05) is 59.3 Å². The maximum Gasteiger partial charge on any atom is 0.317 e. The number of ether oxygens (including phenoxy) is 4. The van der Waals surface area contributed by atoms with Gasteiger partial charge in [-0.2, -0.15) is 0 Å². The van der Waals surface area contributed by atoms with Gasteiger partial charge in [-0.1, -0.05) is 49.7 Å². The first-order valence-electron chi connectivity index (χ1n) is 21.2. The molecule has 6 atom stereocenters. The van der Waals surface area contributed by atoms with Crippen LogP contribution >= 0.6 is 0 Å². The van der Waals surface area contributed by atoms with Crippen molar-refractivity contribution < 1.29 is 48.8 Å². The maximum absolute atomic E-state index is 14.4. The van der Waals surface area contributed by atoms with Crippen LogP contribution in [-0.2, 0) is 20.9 Å². The van der Waals surface area contributed by atoms with E-state index in [1.807, 2.05) is 25.1 Å². The molecule has 15 heteroatoms. The number of unbranched alkanes of at least 4 members (excludes halogenated alkanes) is 2. The lowest BCUT2D eigenvalue weighted by Gasteiger charge is -2.60. The molecule has 0 bridgehead atoms. The number of urea groups is 1. The van der Waals surface area contributed by atoms with Crippen molar-refractivity contribution in [2.24, 2.45) is 22.9 Å². The zero-order valence-corrected chi connectivity index (χ0v) is 34.8. The number of amides is 2. The highest BCUT2D eigenvalue weighted by atomic mass is 16.7. The number of aliphatic hydroxyl groups is 3. The standard InChI is InChI=1S/C45H62N4O11/c1-4-20-48(44(53)46-19-26-56-27-23-52)41-30-39(47-59-31-32-13-15-34(16-14-32)49(54)55)37-28-33(11-7-9-21-50)36(12-8-10-22-51)42-38-29-35(57-24-5-2)17-18-40(38)60-45(41,43(37)42)58-25-6-3/h5-6,13-18,28-29,33,36,41-43,50-52H,2-4,7-12,19-27,30-31H2,1H3,(H,46,53). The van der Waals surface area contributed by atoms with Crippen molar-refractivity contribution in [1.82, 2.24) is 10.2 Å². The number of non-ortho nitro benzene ring substituents is 1. The van der Waals surface area contributed by atoms with E-state index in [9.17, 15) is 30.2 Å². The number of nitro benzene ring substituents is 1. The highest BCUT2D eigenvalue weighted by molar-refractivity contribution is 6.03. The molecular formula is C45H62N4O11. The molecule has 2 aliphatic carbocycles. The summed E-state index contributed by atoms with van der Waals surface area (Å²) >= 11 is 0. The van der Waals surface area contributed by atoms with Gasteiger partial charge in [-0.3, -0.25) is 10.1 Å². The van der Waals surface area contributed by atoms with Crippen LogP contribution in [0.5, 0.6) is 11.5 Å². The Labute approximate surface area is 352 Å². The van der Waals surface area contributed by atoms with Crippen molar-refractivity contribution in [3.05, 3.63) is 101 Å². The first-order valence-corrected chi connectivity index (χ1v) is 21.2. The SMILES string of the molecule is C=CCOc1ccc2c(c1)C1C(CCCCO)C(CCCCO)C=C3C(=NOCc4ccc([N+](=O)[O-])cc4)CC(N(CCC)C(=O)NCCOCCO)C(OCC=C)(O2)C31. The quantitative estimate of drug-likeness (QED) is 0.0353. The predicted molar refractivity (Wildman–Crippen MR) is 227 cm³/mol.